The molecule has 1 saturated heterocycles. The summed E-state index contributed by atoms with van der Waals surface area (Å²) in [4.78, 5) is 47.4. The molecular weight excluding hydrogens is 347 g/mol. The monoisotopic (exact) mass is 358 g/mol. The Bertz CT molecular complexity index is 724. The number of urea groups is 2. The minimum Gasteiger partial charge on any atom is -0.351 e. The van der Waals surface area contributed by atoms with Crippen molar-refractivity contribution in [2.24, 2.45) is 5.73 Å². The van der Waals surface area contributed by atoms with Crippen molar-refractivity contribution in [2.75, 3.05) is 6.54 Å². The van der Waals surface area contributed by atoms with Gasteiger partial charge in [-0.2, -0.15) is 0 Å². The van der Waals surface area contributed by atoms with E-state index in [4.69, 9.17) is 28.9 Å². The van der Waals surface area contributed by atoms with E-state index in [2.05, 4.69) is 5.32 Å². The molecule has 1 heterocycles. The number of nitrogens with one attached hydrogen (secondary N) is 2. The van der Waals surface area contributed by atoms with Gasteiger partial charge < -0.3 is 11.1 Å². The van der Waals surface area contributed by atoms with E-state index in [1.165, 1.54) is 25.1 Å². The number of rotatable bonds is 3. The molecular formula is C13H12Cl2N4O4. The van der Waals surface area contributed by atoms with Crippen LogP contribution < -0.4 is 16.4 Å². The van der Waals surface area contributed by atoms with Crippen LogP contribution in [0.25, 0.3) is 0 Å². The molecule has 1 aliphatic heterocycles. The molecule has 0 bridgehead atoms. The van der Waals surface area contributed by atoms with Crippen LogP contribution in [0, 0.1) is 0 Å². The van der Waals surface area contributed by atoms with Crippen LogP contribution in [0.1, 0.15) is 12.5 Å². The highest BCUT2D eigenvalue weighted by atomic mass is 35.5. The first kappa shape index (κ1) is 17.0. The summed E-state index contributed by atoms with van der Waals surface area (Å²) in [6.45, 7) is 0.808. The predicted octanol–water partition coefficient (Wildman–Crippen LogP) is 0.955. The zero-order chi connectivity index (χ0) is 17.4. The first-order valence-corrected chi connectivity index (χ1v) is 7.09. The molecule has 122 valence electrons. The summed E-state index contributed by atoms with van der Waals surface area (Å²) in [5.74, 6) is -1.57. The quantitative estimate of drug-likeness (QED) is 0.696. The van der Waals surface area contributed by atoms with E-state index in [0.717, 1.165) is 0 Å². The number of primary amides is 1. The fraction of sp³-hybridized carbons (Fsp3) is 0.231. The SMILES string of the molecule is CC1(c2ccc(Cl)cc2Cl)NC(=O)N(CC(=O)NC(N)=O)C1=O. The Balaban J connectivity index is 2.29. The van der Waals surface area contributed by atoms with Crippen LogP contribution in [-0.4, -0.2) is 35.3 Å². The maximum absolute atomic E-state index is 12.6. The summed E-state index contributed by atoms with van der Waals surface area (Å²) in [6.07, 6.45) is 0. The molecule has 0 spiro atoms. The highest BCUT2D eigenvalue weighted by molar-refractivity contribution is 6.35. The molecule has 1 fully saturated rings. The van der Waals surface area contributed by atoms with E-state index in [1.807, 2.05) is 0 Å². The molecule has 8 nitrogen and oxygen atoms in total. The number of imide groups is 2. The summed E-state index contributed by atoms with van der Waals surface area (Å²) >= 11 is 11.9. The first-order chi connectivity index (χ1) is 10.6. The van der Waals surface area contributed by atoms with E-state index in [1.54, 1.807) is 5.32 Å². The molecule has 2 rings (SSSR count). The minimum atomic E-state index is -1.45. The van der Waals surface area contributed by atoms with Crippen molar-refractivity contribution in [1.29, 1.82) is 0 Å². The molecule has 0 radical (unpaired) electrons. The lowest BCUT2D eigenvalue weighted by atomic mass is 9.92. The Morgan fingerprint density at radius 3 is 2.57 bits per heavy atom. The van der Waals surface area contributed by atoms with Crippen molar-refractivity contribution in [3.63, 3.8) is 0 Å². The topological polar surface area (TPSA) is 122 Å². The molecule has 1 aromatic carbocycles. The zero-order valence-corrected chi connectivity index (χ0v) is 13.4. The van der Waals surface area contributed by atoms with Crippen molar-refractivity contribution in [3.8, 4) is 0 Å². The van der Waals surface area contributed by atoms with Crippen molar-refractivity contribution in [2.45, 2.75) is 12.5 Å². The highest BCUT2D eigenvalue weighted by Gasteiger charge is 2.50. The number of benzene rings is 1. The highest BCUT2D eigenvalue weighted by Crippen LogP contribution is 2.34. The Labute approximate surface area is 140 Å². The van der Waals surface area contributed by atoms with Crippen LogP contribution in [0.2, 0.25) is 10.0 Å². The number of hydrogen-bond acceptors (Lipinski definition) is 4. The third-order valence-corrected chi connectivity index (χ3v) is 3.86. The molecule has 1 unspecified atom stereocenters. The third-order valence-electron chi connectivity index (χ3n) is 3.31. The molecule has 0 aromatic heterocycles. The second kappa shape index (κ2) is 6.05. The Hall–Kier alpha value is -2.32. The lowest BCUT2D eigenvalue weighted by Gasteiger charge is -2.23. The van der Waals surface area contributed by atoms with E-state index >= 15 is 0 Å². The summed E-state index contributed by atoms with van der Waals surface area (Å²) in [5.41, 5.74) is 3.69. The summed E-state index contributed by atoms with van der Waals surface area (Å²) in [6, 6.07) is 2.60. The zero-order valence-electron chi connectivity index (χ0n) is 11.9. The first-order valence-electron chi connectivity index (χ1n) is 6.34. The van der Waals surface area contributed by atoms with E-state index < -0.39 is 36.0 Å². The van der Waals surface area contributed by atoms with Gasteiger partial charge in [-0.05, 0) is 19.1 Å². The van der Waals surface area contributed by atoms with Gasteiger partial charge in [-0.1, -0.05) is 29.3 Å². The van der Waals surface area contributed by atoms with Crippen LogP contribution >= 0.6 is 23.2 Å². The molecule has 0 aliphatic carbocycles. The lowest BCUT2D eigenvalue weighted by molar-refractivity contribution is -0.134. The fourth-order valence-electron chi connectivity index (χ4n) is 2.24. The van der Waals surface area contributed by atoms with Gasteiger partial charge in [-0.15, -0.1) is 0 Å². The van der Waals surface area contributed by atoms with Gasteiger partial charge in [0, 0.05) is 15.6 Å². The number of halogens is 2. The molecule has 1 atom stereocenters. The Morgan fingerprint density at radius 2 is 2.00 bits per heavy atom. The van der Waals surface area contributed by atoms with Gasteiger partial charge in [0.25, 0.3) is 5.91 Å². The normalized spacial score (nSPS) is 20.4. The number of carbonyl (C=O) groups is 4. The number of carbonyl (C=O) groups excluding carboxylic acids is 4. The van der Waals surface area contributed by atoms with Gasteiger partial charge in [0.2, 0.25) is 5.91 Å². The molecule has 6 amide bonds. The van der Waals surface area contributed by atoms with Gasteiger partial charge in [0.05, 0.1) is 0 Å². The molecule has 10 heteroatoms. The second-order valence-electron chi connectivity index (χ2n) is 4.98. The smallest absolute Gasteiger partial charge is 0.325 e. The predicted molar refractivity (Wildman–Crippen MR) is 81.8 cm³/mol. The van der Waals surface area contributed by atoms with Crippen LogP contribution in [0.5, 0.6) is 0 Å². The fourth-order valence-corrected chi connectivity index (χ4v) is 2.84. The summed E-state index contributed by atoms with van der Waals surface area (Å²) in [7, 11) is 0. The second-order valence-corrected chi connectivity index (χ2v) is 5.83. The average Bonchev–Trinajstić information content (AvgIpc) is 2.62. The van der Waals surface area contributed by atoms with Crippen molar-refractivity contribution in [1.82, 2.24) is 15.5 Å². The standard InChI is InChI=1S/C13H12Cl2N4O4/c1-13(7-3-2-6(14)4-8(7)15)10(21)19(12(23)18-13)5-9(20)17-11(16)22/h2-4H,5H2,1H3,(H,18,23)(H3,16,17,20,22). The van der Waals surface area contributed by atoms with E-state index in [-0.39, 0.29) is 5.02 Å². The van der Waals surface area contributed by atoms with Crippen LogP contribution in [0.15, 0.2) is 18.2 Å². The summed E-state index contributed by atoms with van der Waals surface area (Å²) in [5, 5.41) is 4.82. The van der Waals surface area contributed by atoms with Gasteiger partial charge in [-0.3, -0.25) is 19.8 Å². The van der Waals surface area contributed by atoms with Crippen molar-refractivity contribution in [3.05, 3.63) is 33.8 Å². The number of nitrogens with zero attached hydrogens (tertiary/aromatic N) is 1. The average molecular weight is 359 g/mol. The van der Waals surface area contributed by atoms with E-state index in [9.17, 15) is 19.2 Å². The number of nitrogens with two attached hydrogens (primary N) is 1. The third kappa shape index (κ3) is 3.22. The molecule has 1 aromatic rings. The summed E-state index contributed by atoms with van der Waals surface area (Å²) < 4.78 is 0. The van der Waals surface area contributed by atoms with Gasteiger partial charge in [0.15, 0.2) is 0 Å². The molecule has 1 aliphatic rings. The number of amides is 6. The van der Waals surface area contributed by atoms with Crippen molar-refractivity contribution >= 4 is 47.1 Å². The number of hydrogen-bond donors (Lipinski definition) is 3. The van der Waals surface area contributed by atoms with Crippen LogP contribution in [-0.2, 0) is 15.1 Å². The Morgan fingerprint density at radius 1 is 1.35 bits per heavy atom. The largest absolute Gasteiger partial charge is 0.351 e. The van der Waals surface area contributed by atoms with Gasteiger partial charge in [-0.25, -0.2) is 9.59 Å². The van der Waals surface area contributed by atoms with Crippen LogP contribution in [0.4, 0.5) is 9.59 Å². The Kier molecular flexibility index (Phi) is 4.49. The minimum absolute atomic E-state index is 0.192. The van der Waals surface area contributed by atoms with Gasteiger partial charge in [0.1, 0.15) is 12.1 Å². The van der Waals surface area contributed by atoms with Gasteiger partial charge >= 0.3 is 12.1 Å². The molecule has 0 saturated carbocycles. The molecule has 23 heavy (non-hydrogen) atoms. The molecule has 4 N–H and O–H groups in total. The maximum atomic E-state index is 12.6. The van der Waals surface area contributed by atoms with E-state index in [0.29, 0.717) is 15.5 Å². The van der Waals surface area contributed by atoms with Crippen molar-refractivity contribution < 1.29 is 19.2 Å². The lowest BCUT2D eigenvalue weighted by Crippen LogP contribution is -2.45. The van der Waals surface area contributed by atoms with Crippen LogP contribution in [0.3, 0.4) is 0 Å². The maximum Gasteiger partial charge on any atom is 0.325 e.